The van der Waals surface area contributed by atoms with Crippen LogP contribution in [0.5, 0.6) is 0 Å². The first kappa shape index (κ1) is 16.0. The summed E-state index contributed by atoms with van der Waals surface area (Å²) in [6, 6.07) is 9.35. The summed E-state index contributed by atoms with van der Waals surface area (Å²) in [5.74, 6) is -0.776. The highest BCUT2D eigenvalue weighted by atomic mass is 32.2. The summed E-state index contributed by atoms with van der Waals surface area (Å²) in [5.41, 5.74) is 0.854. The first-order valence-electron chi connectivity index (χ1n) is 6.14. The number of nitrogens with one attached hydrogen (secondary N) is 1. The van der Waals surface area contributed by atoms with Crippen molar-refractivity contribution in [2.24, 2.45) is 0 Å². The Bertz CT molecular complexity index is 403. The van der Waals surface area contributed by atoms with Gasteiger partial charge in [0.2, 0.25) is 0 Å². The lowest BCUT2D eigenvalue weighted by Gasteiger charge is -2.25. The van der Waals surface area contributed by atoms with E-state index in [0.29, 0.717) is 6.54 Å². The van der Waals surface area contributed by atoms with Crippen LogP contribution in [0.15, 0.2) is 30.3 Å². The van der Waals surface area contributed by atoms with Crippen LogP contribution in [-0.2, 0) is 20.9 Å². The topological polar surface area (TPSA) is 61.4 Å². The average molecular weight is 283 g/mol. The van der Waals surface area contributed by atoms with E-state index >= 15 is 0 Å². The standard InChI is InChI=1S/C14H21NO3S/c1-14(2,3)19(17)15-10-12(13(16)18-4)11-8-6-5-7-9-11/h5-9,12,15H,10H2,1-4H3/t12-,19?/m1/s1. The van der Waals surface area contributed by atoms with Crippen LogP contribution in [0, 0.1) is 0 Å². The Morgan fingerprint density at radius 2 is 1.95 bits per heavy atom. The first-order valence-corrected chi connectivity index (χ1v) is 7.29. The summed E-state index contributed by atoms with van der Waals surface area (Å²) < 4.78 is 19.3. The zero-order valence-corrected chi connectivity index (χ0v) is 12.6. The smallest absolute Gasteiger partial charge is 0.314 e. The molecule has 1 aromatic carbocycles. The summed E-state index contributed by atoms with van der Waals surface area (Å²) in [5, 5.41) is 0. The van der Waals surface area contributed by atoms with E-state index in [4.69, 9.17) is 4.74 Å². The SMILES string of the molecule is COC(=O)[C@H](CN[S+]([O-])C(C)(C)C)c1ccccc1. The van der Waals surface area contributed by atoms with Crippen molar-refractivity contribution < 1.29 is 14.1 Å². The highest BCUT2D eigenvalue weighted by molar-refractivity contribution is 7.90. The second-order valence-corrected chi connectivity index (χ2v) is 7.27. The zero-order chi connectivity index (χ0) is 14.5. The van der Waals surface area contributed by atoms with E-state index in [1.165, 1.54) is 7.11 Å². The van der Waals surface area contributed by atoms with Gasteiger partial charge in [-0.3, -0.25) is 4.79 Å². The summed E-state index contributed by atoms with van der Waals surface area (Å²) in [6.07, 6.45) is 0. The third kappa shape index (κ3) is 4.86. The number of rotatable bonds is 5. The van der Waals surface area contributed by atoms with Crippen molar-refractivity contribution >= 4 is 17.3 Å². The van der Waals surface area contributed by atoms with E-state index in [-0.39, 0.29) is 10.7 Å². The zero-order valence-electron chi connectivity index (χ0n) is 11.8. The molecule has 2 atom stereocenters. The minimum absolute atomic E-state index is 0.292. The first-order chi connectivity index (χ1) is 8.86. The fourth-order valence-electron chi connectivity index (χ4n) is 1.54. The van der Waals surface area contributed by atoms with Crippen LogP contribution in [0.3, 0.4) is 0 Å². The Balaban J connectivity index is 2.75. The molecule has 1 unspecified atom stereocenters. The molecular weight excluding hydrogens is 262 g/mol. The number of methoxy groups -OCH3 is 1. The van der Waals surface area contributed by atoms with Gasteiger partial charge < -0.3 is 9.29 Å². The lowest BCUT2D eigenvalue weighted by Crippen LogP contribution is -2.42. The lowest BCUT2D eigenvalue weighted by atomic mass is 10.00. The number of esters is 1. The van der Waals surface area contributed by atoms with Crippen molar-refractivity contribution in [1.29, 1.82) is 0 Å². The van der Waals surface area contributed by atoms with Crippen molar-refractivity contribution in [2.45, 2.75) is 31.4 Å². The van der Waals surface area contributed by atoms with Crippen LogP contribution in [-0.4, -0.2) is 28.9 Å². The predicted octanol–water partition coefficient (Wildman–Crippen LogP) is 1.99. The van der Waals surface area contributed by atoms with Crippen LogP contribution >= 0.6 is 0 Å². The van der Waals surface area contributed by atoms with Gasteiger partial charge in [-0.1, -0.05) is 30.3 Å². The van der Waals surface area contributed by atoms with Gasteiger partial charge in [0.15, 0.2) is 0 Å². The maximum atomic E-state index is 12.0. The number of carbonyl (C=O) groups is 1. The third-order valence-corrected chi connectivity index (χ3v) is 4.20. The van der Waals surface area contributed by atoms with Crippen LogP contribution < -0.4 is 4.72 Å². The normalized spacial score (nSPS) is 14.8. The van der Waals surface area contributed by atoms with E-state index in [0.717, 1.165) is 5.56 Å². The van der Waals surface area contributed by atoms with Gasteiger partial charge in [-0.15, -0.1) is 4.72 Å². The highest BCUT2D eigenvalue weighted by Crippen LogP contribution is 2.19. The van der Waals surface area contributed by atoms with Gasteiger partial charge in [0.25, 0.3) is 0 Å². The Labute approximate surface area is 117 Å². The third-order valence-electron chi connectivity index (χ3n) is 2.66. The van der Waals surface area contributed by atoms with Gasteiger partial charge in [-0.2, -0.15) is 0 Å². The molecule has 0 spiro atoms. The van der Waals surface area contributed by atoms with E-state index in [1.54, 1.807) is 0 Å². The minimum atomic E-state index is -1.21. The second kappa shape index (κ2) is 6.93. The maximum absolute atomic E-state index is 12.0. The number of carbonyl (C=O) groups excluding carboxylic acids is 1. The molecule has 0 radical (unpaired) electrons. The maximum Gasteiger partial charge on any atom is 0.314 e. The molecule has 0 amide bonds. The fraction of sp³-hybridized carbons (Fsp3) is 0.500. The number of hydrogen-bond acceptors (Lipinski definition) is 4. The quantitative estimate of drug-likeness (QED) is 0.663. The molecule has 0 aliphatic rings. The Kier molecular flexibility index (Phi) is 5.85. The monoisotopic (exact) mass is 283 g/mol. The van der Waals surface area contributed by atoms with Crippen LogP contribution in [0.1, 0.15) is 32.3 Å². The lowest BCUT2D eigenvalue weighted by molar-refractivity contribution is -0.142. The highest BCUT2D eigenvalue weighted by Gasteiger charge is 2.29. The van der Waals surface area contributed by atoms with Gasteiger partial charge in [0, 0.05) is 11.4 Å². The molecule has 5 heteroatoms. The molecular formula is C14H21NO3S. The molecule has 0 saturated carbocycles. The molecule has 0 heterocycles. The number of benzene rings is 1. The van der Waals surface area contributed by atoms with Gasteiger partial charge in [0.1, 0.15) is 4.75 Å². The molecule has 0 saturated heterocycles. The van der Waals surface area contributed by atoms with E-state index in [9.17, 15) is 9.35 Å². The summed E-state index contributed by atoms with van der Waals surface area (Å²) in [6.45, 7) is 5.93. The second-order valence-electron chi connectivity index (χ2n) is 5.22. The molecule has 0 fully saturated rings. The fourth-order valence-corrected chi connectivity index (χ4v) is 2.29. The molecule has 1 rings (SSSR count). The molecule has 1 aromatic rings. The molecule has 1 N–H and O–H groups in total. The Hall–Kier alpha value is -1.04. The summed E-state index contributed by atoms with van der Waals surface area (Å²) >= 11 is -1.21. The average Bonchev–Trinajstić information content (AvgIpc) is 2.38. The van der Waals surface area contributed by atoms with E-state index in [1.807, 2.05) is 51.1 Å². The molecule has 19 heavy (non-hydrogen) atoms. The predicted molar refractivity (Wildman–Crippen MR) is 77.1 cm³/mol. The van der Waals surface area contributed by atoms with Crippen LogP contribution in [0.4, 0.5) is 0 Å². The number of hydrogen-bond donors (Lipinski definition) is 1. The van der Waals surface area contributed by atoms with Gasteiger partial charge in [-0.25, -0.2) is 0 Å². The molecule has 4 nitrogen and oxygen atoms in total. The van der Waals surface area contributed by atoms with Gasteiger partial charge in [0.05, 0.1) is 19.6 Å². The van der Waals surface area contributed by atoms with Gasteiger partial charge in [-0.05, 0) is 26.3 Å². The van der Waals surface area contributed by atoms with Crippen molar-refractivity contribution in [2.75, 3.05) is 13.7 Å². The summed E-state index contributed by atoms with van der Waals surface area (Å²) in [7, 11) is 1.36. The van der Waals surface area contributed by atoms with E-state index in [2.05, 4.69) is 4.72 Å². The van der Waals surface area contributed by atoms with Crippen molar-refractivity contribution in [1.82, 2.24) is 4.72 Å². The number of ether oxygens (including phenoxy) is 1. The molecule has 0 aliphatic carbocycles. The molecule has 106 valence electrons. The van der Waals surface area contributed by atoms with Crippen LogP contribution in [0.25, 0.3) is 0 Å². The summed E-state index contributed by atoms with van der Waals surface area (Å²) in [4.78, 5) is 11.8. The van der Waals surface area contributed by atoms with E-state index < -0.39 is 17.3 Å². The Morgan fingerprint density at radius 3 is 2.42 bits per heavy atom. The largest absolute Gasteiger partial charge is 0.598 e. The minimum Gasteiger partial charge on any atom is -0.598 e. The van der Waals surface area contributed by atoms with Gasteiger partial charge >= 0.3 is 5.97 Å². The van der Waals surface area contributed by atoms with Crippen molar-refractivity contribution in [3.8, 4) is 0 Å². The molecule has 0 aliphatic heterocycles. The van der Waals surface area contributed by atoms with Crippen molar-refractivity contribution in [3.05, 3.63) is 35.9 Å². The molecule has 0 aromatic heterocycles. The Morgan fingerprint density at radius 1 is 1.37 bits per heavy atom. The molecule has 0 bridgehead atoms. The van der Waals surface area contributed by atoms with Crippen LogP contribution in [0.2, 0.25) is 0 Å². The van der Waals surface area contributed by atoms with Crippen molar-refractivity contribution in [3.63, 3.8) is 0 Å².